The molecule has 0 aliphatic heterocycles. The minimum Gasteiger partial charge on any atom is -0.757 e. The normalized spacial score (nSPS) is 11.0. The summed E-state index contributed by atoms with van der Waals surface area (Å²) in [6, 6.07) is 52.0. The van der Waals surface area contributed by atoms with E-state index < -0.39 is 16.6 Å². The van der Waals surface area contributed by atoms with Gasteiger partial charge in [-0.3, -0.25) is 10.4 Å². The van der Waals surface area contributed by atoms with E-state index in [-0.39, 0.29) is 89.1 Å². The molecule has 0 atom stereocenters. The Kier molecular flexibility index (Phi) is 31.6. The van der Waals surface area contributed by atoms with E-state index in [0.717, 1.165) is 71.5 Å². The van der Waals surface area contributed by atoms with Gasteiger partial charge in [-0.05, 0) is 216 Å². The summed E-state index contributed by atoms with van der Waals surface area (Å²) in [6.45, 7) is 38.4. The zero-order chi connectivity index (χ0) is 62.3. The fraction of sp³-hybridized carbons (Fsp3) is 0.368. The molecule has 3 aromatic carbocycles. The van der Waals surface area contributed by atoms with Gasteiger partial charge in [-0.15, -0.1) is 0 Å². The molecule has 0 radical (unpaired) electrons. The second kappa shape index (κ2) is 34.5. The van der Waals surface area contributed by atoms with Crippen molar-refractivity contribution in [1.82, 2.24) is 24.9 Å². The van der Waals surface area contributed by atoms with Crippen LogP contribution in [-0.4, -0.2) is 63.0 Å². The number of rotatable bonds is 8. The Balaban J connectivity index is 0.000000538. The maximum atomic E-state index is 12.2. The van der Waals surface area contributed by atoms with E-state index >= 15 is 0 Å². The molecule has 0 aliphatic rings. The third-order valence-electron chi connectivity index (χ3n) is 12.4. The average molecular weight is 1180 g/mol. The number of hydrogen-bond donors (Lipinski definition) is 2. The van der Waals surface area contributed by atoms with E-state index in [1.807, 2.05) is 265 Å². The number of nitrogens with zero attached hydrogens (tertiary/aromatic N) is 10. The molecule has 444 valence electrons. The van der Waals surface area contributed by atoms with E-state index in [2.05, 4.69) is 37.9 Å². The van der Waals surface area contributed by atoms with Gasteiger partial charge in [-0.2, -0.15) is 0 Å². The number of hydroxylamine groups is 5. The van der Waals surface area contributed by atoms with Gasteiger partial charge in [0.05, 0.1) is 28.2 Å². The average Bonchev–Trinajstić information content (AvgIpc) is 3.24. The molecule has 15 nitrogen and oxygen atoms in total. The molecule has 8 rings (SSSR count). The molecule has 8 aromatic rings. The molecule has 18 heteroatoms. The number of aromatic nitrogens is 5. The molecule has 0 saturated heterocycles. The van der Waals surface area contributed by atoms with Gasteiger partial charge in [0, 0.05) is 44.7 Å². The van der Waals surface area contributed by atoms with Crippen LogP contribution >= 0.6 is 0 Å². The van der Waals surface area contributed by atoms with E-state index in [9.17, 15) is 26.0 Å². The molecule has 86 heavy (non-hydrogen) atoms. The van der Waals surface area contributed by atoms with E-state index in [0.29, 0.717) is 29.1 Å². The maximum Gasteiger partial charge on any atom is 1.00 e. The third-order valence-corrected chi connectivity index (χ3v) is 12.4. The van der Waals surface area contributed by atoms with Gasteiger partial charge in [0.15, 0.2) is 11.6 Å². The summed E-state index contributed by atoms with van der Waals surface area (Å²) in [7, 11) is 0. The first-order valence-corrected chi connectivity index (χ1v) is 27.9. The predicted molar refractivity (Wildman–Crippen MR) is 346 cm³/mol. The Bertz CT molecular complexity index is 3010. The van der Waals surface area contributed by atoms with Gasteiger partial charge in [-0.25, -0.2) is 35.0 Å². The van der Waals surface area contributed by atoms with Gasteiger partial charge in [0.1, 0.15) is 17.5 Å². The number of benzene rings is 3. The fourth-order valence-electron chi connectivity index (χ4n) is 7.65. The van der Waals surface area contributed by atoms with Crippen LogP contribution in [0.3, 0.4) is 0 Å². The number of pyridine rings is 5. The third kappa shape index (κ3) is 24.4. The summed E-state index contributed by atoms with van der Waals surface area (Å²) in [5, 5.41) is 61.2. The van der Waals surface area contributed by atoms with Crippen LogP contribution in [0.5, 0.6) is 0 Å². The van der Waals surface area contributed by atoms with Crippen molar-refractivity contribution < 1.29 is 88.4 Å². The first kappa shape index (κ1) is 78.8. The summed E-state index contributed by atoms with van der Waals surface area (Å²) >= 11 is 0. The Labute approximate surface area is 570 Å². The molecule has 0 bridgehead atoms. The molecule has 0 spiro atoms. The topological polar surface area (TPSA) is 190 Å². The van der Waals surface area contributed by atoms with Gasteiger partial charge < -0.3 is 30.8 Å². The Hall–Kier alpha value is -5.19. The molecule has 5 heterocycles. The summed E-state index contributed by atoms with van der Waals surface area (Å²) in [6.07, 6.45) is 0. The number of hydrogen-bond acceptors (Lipinski definition) is 15. The van der Waals surface area contributed by atoms with Crippen LogP contribution in [0.1, 0.15) is 132 Å². The molecule has 0 amide bonds. The number of anilines is 5. The van der Waals surface area contributed by atoms with Gasteiger partial charge >= 0.3 is 78.0 Å². The van der Waals surface area contributed by atoms with Crippen LogP contribution in [0.4, 0.5) is 29.1 Å². The van der Waals surface area contributed by atoms with Crippen molar-refractivity contribution in [2.24, 2.45) is 0 Å². The Morgan fingerprint density at radius 2 is 0.512 bits per heavy atom. The second-order valence-electron chi connectivity index (χ2n) is 25.2. The van der Waals surface area contributed by atoms with Gasteiger partial charge in [0.2, 0.25) is 0 Å². The van der Waals surface area contributed by atoms with Crippen LogP contribution in [0.15, 0.2) is 164 Å². The first-order chi connectivity index (χ1) is 38.5. The van der Waals surface area contributed by atoms with Crippen LogP contribution in [-0.2, 0) is 0 Å². The van der Waals surface area contributed by atoms with Crippen LogP contribution in [0.25, 0.3) is 33.8 Å². The van der Waals surface area contributed by atoms with Gasteiger partial charge in [0.25, 0.3) is 0 Å². The van der Waals surface area contributed by atoms with Crippen molar-refractivity contribution in [3.63, 3.8) is 0 Å². The van der Waals surface area contributed by atoms with Crippen molar-refractivity contribution in [2.45, 2.75) is 166 Å². The monoisotopic (exact) mass is 1180 g/mol. The standard InChI is InChI=1S/C16H20N2O.2C16H19N2O.C10H16N2O.C10H15N2O.Li.2Na/c3*1-12-8-5-6-9-13(12)14-10-7-11-15(17-14)18(19)16(2,3)4;2*1-8-6-5-7-9(11-8)12(13)10(2,3)4;;;/h5-11,19H,1-4H3;2*5-11H,1-4H3;5-7,13H,1-4H3;5-7H,1-4H3;;;/q;2*-1;;-1;3*+1. The zero-order valence-corrected chi connectivity index (χ0v) is 59.7. The smallest absolute Gasteiger partial charge is 0.757 e. The SMILES string of the molecule is Cc1cccc(N(O)C(C)(C)C)n1.Cc1cccc(N([O-])C(C)(C)C)n1.Cc1ccccc1-c1cccc(N(O)C(C)(C)C)n1.Cc1ccccc1-c1cccc(N([O-])C(C)(C)C)n1.Cc1ccccc1-c1cccc(N([O-])C(C)(C)C)n1.[Li+].[Na+].[Na+]. The van der Waals surface area contributed by atoms with E-state index in [1.54, 1.807) is 24.3 Å². The molecule has 5 aromatic heterocycles. The van der Waals surface area contributed by atoms with Gasteiger partial charge in [-0.1, -0.05) is 103 Å². The van der Waals surface area contributed by atoms with E-state index in [4.69, 9.17) is 0 Å². The summed E-state index contributed by atoms with van der Waals surface area (Å²) in [5.74, 6) is 2.54. The van der Waals surface area contributed by atoms with Crippen molar-refractivity contribution in [2.75, 3.05) is 25.3 Å². The van der Waals surface area contributed by atoms with Crippen molar-refractivity contribution >= 4 is 29.1 Å². The second-order valence-corrected chi connectivity index (χ2v) is 25.2. The Morgan fingerprint density at radius 1 is 0.291 bits per heavy atom. The van der Waals surface area contributed by atoms with Crippen LogP contribution < -0.4 is 103 Å². The quantitative estimate of drug-likeness (QED) is 0.109. The zero-order valence-electron chi connectivity index (χ0n) is 55.7. The molecule has 0 unspecified atom stereocenters. The Morgan fingerprint density at radius 3 is 0.767 bits per heavy atom. The maximum absolute atomic E-state index is 12.2. The molecule has 2 N–H and O–H groups in total. The first-order valence-electron chi connectivity index (χ1n) is 27.9. The fourth-order valence-corrected chi connectivity index (χ4v) is 7.65. The molecule has 0 fully saturated rings. The molecule has 0 aliphatic carbocycles. The van der Waals surface area contributed by atoms with Crippen molar-refractivity contribution in [3.05, 3.63) is 207 Å². The predicted octanol–water partition coefficient (Wildman–Crippen LogP) is 8.26. The van der Waals surface area contributed by atoms with Crippen LogP contribution in [0, 0.1) is 50.2 Å². The minimum atomic E-state index is -0.489. The minimum absolute atomic E-state index is 0. The summed E-state index contributed by atoms with van der Waals surface area (Å²) < 4.78 is 0. The summed E-state index contributed by atoms with van der Waals surface area (Å²) in [4.78, 5) is 21.9. The molecule has 0 saturated carbocycles. The molecular weight excluding hydrogens is 1090 g/mol. The van der Waals surface area contributed by atoms with Crippen molar-refractivity contribution in [3.8, 4) is 33.8 Å². The number of aryl methyl sites for hydroxylation is 5. The largest absolute Gasteiger partial charge is 1.00 e. The van der Waals surface area contributed by atoms with E-state index in [1.165, 1.54) is 15.7 Å². The summed E-state index contributed by atoms with van der Waals surface area (Å²) in [5.41, 5.74) is 8.90. The van der Waals surface area contributed by atoms with Crippen LogP contribution in [0.2, 0.25) is 0 Å². The molecular formula is C68H89LiN10Na2O5. The van der Waals surface area contributed by atoms with Crippen molar-refractivity contribution in [1.29, 1.82) is 0 Å².